The van der Waals surface area contributed by atoms with Gasteiger partial charge >= 0.3 is 5.97 Å². The Bertz CT molecular complexity index is 1140. The Balaban J connectivity index is 1.70. The quantitative estimate of drug-likeness (QED) is 0.286. The summed E-state index contributed by atoms with van der Waals surface area (Å²) in [4.78, 5) is 36.1. The van der Waals surface area contributed by atoms with Gasteiger partial charge in [0.05, 0.1) is 11.4 Å². The molecule has 2 N–H and O–H groups in total. The van der Waals surface area contributed by atoms with Gasteiger partial charge in [-0.3, -0.25) is 14.4 Å². The molecule has 31 heavy (non-hydrogen) atoms. The van der Waals surface area contributed by atoms with Crippen molar-refractivity contribution in [1.29, 1.82) is 0 Å². The minimum atomic E-state index is -0.471. The van der Waals surface area contributed by atoms with E-state index in [1.807, 2.05) is 24.3 Å². The van der Waals surface area contributed by atoms with Gasteiger partial charge in [-0.1, -0.05) is 46.3 Å². The lowest BCUT2D eigenvalue weighted by Crippen LogP contribution is -2.15. The predicted octanol–water partition coefficient (Wildman–Crippen LogP) is 5.28. The van der Waals surface area contributed by atoms with Crippen LogP contribution in [0.4, 0.5) is 11.4 Å². The summed E-state index contributed by atoms with van der Waals surface area (Å²) in [5.41, 5.74) is 2.09. The SMILES string of the molecule is CC(=O)Oc1cccc(C(=O)Nc2ccccc2NC(=O)/C=C/c2ccc(Br)cc2)c1. The van der Waals surface area contributed by atoms with Crippen LogP contribution in [0.3, 0.4) is 0 Å². The number of hydrogen-bond donors (Lipinski definition) is 2. The van der Waals surface area contributed by atoms with Crippen molar-refractivity contribution < 1.29 is 19.1 Å². The van der Waals surface area contributed by atoms with Crippen LogP contribution in [-0.2, 0) is 9.59 Å². The zero-order chi connectivity index (χ0) is 22.2. The van der Waals surface area contributed by atoms with E-state index < -0.39 is 11.9 Å². The molecule has 7 heteroatoms. The first-order chi connectivity index (χ1) is 14.9. The van der Waals surface area contributed by atoms with Gasteiger partial charge in [0.25, 0.3) is 5.91 Å². The molecule has 0 bridgehead atoms. The monoisotopic (exact) mass is 478 g/mol. The molecule has 3 aromatic carbocycles. The second kappa shape index (κ2) is 10.4. The van der Waals surface area contributed by atoms with E-state index in [4.69, 9.17) is 4.74 Å². The highest BCUT2D eigenvalue weighted by Crippen LogP contribution is 2.23. The average molecular weight is 479 g/mol. The van der Waals surface area contributed by atoms with Crippen LogP contribution in [0, 0.1) is 0 Å². The zero-order valence-electron chi connectivity index (χ0n) is 16.6. The van der Waals surface area contributed by atoms with Crippen LogP contribution in [0.1, 0.15) is 22.8 Å². The first-order valence-corrected chi connectivity index (χ1v) is 10.1. The number of halogens is 1. The van der Waals surface area contributed by atoms with Crippen LogP contribution in [0.15, 0.2) is 83.3 Å². The molecule has 0 radical (unpaired) electrons. The van der Waals surface area contributed by atoms with E-state index in [1.165, 1.54) is 19.1 Å². The highest BCUT2D eigenvalue weighted by molar-refractivity contribution is 9.10. The Morgan fingerprint density at radius 3 is 2.23 bits per heavy atom. The molecule has 0 aliphatic rings. The van der Waals surface area contributed by atoms with Crippen molar-refractivity contribution in [3.05, 3.63) is 94.5 Å². The third kappa shape index (κ3) is 6.65. The molecular weight excluding hydrogens is 460 g/mol. The van der Waals surface area contributed by atoms with Crippen molar-refractivity contribution in [3.63, 3.8) is 0 Å². The molecule has 0 atom stereocenters. The number of hydrogen-bond acceptors (Lipinski definition) is 4. The molecule has 3 rings (SSSR count). The molecule has 0 saturated heterocycles. The number of ether oxygens (including phenoxy) is 1. The molecule has 0 aliphatic heterocycles. The van der Waals surface area contributed by atoms with E-state index >= 15 is 0 Å². The standard InChI is InChI=1S/C24H19BrN2O4/c1-16(28)31-20-6-4-5-18(15-20)24(30)27-22-8-3-2-7-21(22)26-23(29)14-11-17-9-12-19(25)13-10-17/h2-15H,1H3,(H,26,29)(H,27,30)/b14-11+. The zero-order valence-corrected chi connectivity index (χ0v) is 18.2. The topological polar surface area (TPSA) is 84.5 Å². The van der Waals surface area contributed by atoms with Crippen LogP contribution in [-0.4, -0.2) is 17.8 Å². The summed E-state index contributed by atoms with van der Waals surface area (Å²) < 4.78 is 5.97. The maximum atomic E-state index is 12.6. The van der Waals surface area contributed by atoms with Gasteiger partial charge in [-0.05, 0) is 54.1 Å². The first-order valence-electron chi connectivity index (χ1n) is 9.34. The van der Waals surface area contributed by atoms with Crippen LogP contribution in [0.25, 0.3) is 6.08 Å². The minimum absolute atomic E-state index is 0.278. The number of rotatable bonds is 6. The summed E-state index contributed by atoms with van der Waals surface area (Å²) in [5.74, 6) is -0.927. The van der Waals surface area contributed by atoms with E-state index in [0.29, 0.717) is 16.9 Å². The molecule has 0 heterocycles. The molecule has 0 spiro atoms. The van der Waals surface area contributed by atoms with Gasteiger partial charge < -0.3 is 15.4 Å². The average Bonchev–Trinajstić information content (AvgIpc) is 2.74. The van der Waals surface area contributed by atoms with Crippen LogP contribution < -0.4 is 15.4 Å². The number of amides is 2. The summed E-state index contributed by atoms with van der Waals surface area (Å²) in [5, 5.41) is 5.54. The molecule has 0 aliphatic carbocycles. The van der Waals surface area contributed by atoms with Crippen molar-refractivity contribution in [2.24, 2.45) is 0 Å². The lowest BCUT2D eigenvalue weighted by atomic mass is 10.2. The van der Waals surface area contributed by atoms with Crippen LogP contribution in [0.2, 0.25) is 0 Å². The molecule has 0 fully saturated rings. The number of esters is 1. The van der Waals surface area contributed by atoms with Gasteiger partial charge in [0.1, 0.15) is 5.75 Å². The number of carbonyl (C=O) groups is 3. The Morgan fingerprint density at radius 2 is 1.55 bits per heavy atom. The second-order valence-electron chi connectivity index (χ2n) is 6.50. The third-order valence-corrected chi connectivity index (χ3v) is 4.62. The normalized spacial score (nSPS) is 10.5. The van der Waals surface area contributed by atoms with Gasteiger partial charge in [-0.15, -0.1) is 0 Å². The minimum Gasteiger partial charge on any atom is -0.427 e. The Hall–Kier alpha value is -3.71. The fraction of sp³-hybridized carbons (Fsp3) is 0.0417. The van der Waals surface area contributed by atoms with Crippen molar-refractivity contribution >= 4 is 51.2 Å². The summed E-state index contributed by atoms with van der Waals surface area (Å²) in [6.45, 7) is 1.29. The molecule has 3 aromatic rings. The molecular formula is C24H19BrN2O4. The number of para-hydroxylation sites is 2. The second-order valence-corrected chi connectivity index (χ2v) is 7.41. The summed E-state index contributed by atoms with van der Waals surface area (Å²) >= 11 is 3.37. The summed E-state index contributed by atoms with van der Waals surface area (Å²) in [6.07, 6.45) is 3.12. The lowest BCUT2D eigenvalue weighted by Gasteiger charge is -2.12. The largest absolute Gasteiger partial charge is 0.427 e. The number of carbonyl (C=O) groups excluding carboxylic acids is 3. The van der Waals surface area contributed by atoms with E-state index in [1.54, 1.807) is 48.5 Å². The first kappa shape index (κ1) is 22.0. The highest BCUT2D eigenvalue weighted by Gasteiger charge is 2.11. The number of benzene rings is 3. The van der Waals surface area contributed by atoms with E-state index in [2.05, 4.69) is 26.6 Å². The van der Waals surface area contributed by atoms with Crippen molar-refractivity contribution in [3.8, 4) is 5.75 Å². The molecule has 6 nitrogen and oxygen atoms in total. The maximum Gasteiger partial charge on any atom is 0.308 e. The smallest absolute Gasteiger partial charge is 0.308 e. The molecule has 0 saturated carbocycles. The van der Waals surface area contributed by atoms with Gasteiger partial charge in [0.15, 0.2) is 0 Å². The Kier molecular flexibility index (Phi) is 7.35. The Labute approximate surface area is 188 Å². The fourth-order valence-electron chi connectivity index (χ4n) is 2.68. The Morgan fingerprint density at radius 1 is 0.871 bits per heavy atom. The van der Waals surface area contributed by atoms with Gasteiger partial charge in [-0.25, -0.2) is 0 Å². The van der Waals surface area contributed by atoms with Gasteiger partial charge in [0, 0.05) is 23.0 Å². The van der Waals surface area contributed by atoms with Crippen LogP contribution >= 0.6 is 15.9 Å². The summed E-state index contributed by atoms with van der Waals surface area (Å²) in [7, 11) is 0. The van der Waals surface area contributed by atoms with E-state index in [0.717, 1.165) is 10.0 Å². The van der Waals surface area contributed by atoms with Crippen molar-refractivity contribution in [1.82, 2.24) is 0 Å². The van der Waals surface area contributed by atoms with Crippen molar-refractivity contribution in [2.75, 3.05) is 10.6 Å². The molecule has 2 amide bonds. The molecule has 0 unspecified atom stereocenters. The third-order valence-electron chi connectivity index (χ3n) is 4.09. The van der Waals surface area contributed by atoms with Gasteiger partial charge in [-0.2, -0.15) is 0 Å². The molecule has 0 aromatic heterocycles. The predicted molar refractivity (Wildman–Crippen MR) is 124 cm³/mol. The highest BCUT2D eigenvalue weighted by atomic mass is 79.9. The van der Waals surface area contributed by atoms with E-state index in [9.17, 15) is 14.4 Å². The number of anilines is 2. The number of nitrogens with one attached hydrogen (secondary N) is 2. The molecule has 156 valence electrons. The van der Waals surface area contributed by atoms with Crippen LogP contribution in [0.5, 0.6) is 5.75 Å². The summed E-state index contributed by atoms with van der Waals surface area (Å²) in [6, 6.07) is 20.7. The van der Waals surface area contributed by atoms with Crippen molar-refractivity contribution in [2.45, 2.75) is 6.92 Å². The fourth-order valence-corrected chi connectivity index (χ4v) is 2.95. The van der Waals surface area contributed by atoms with Gasteiger partial charge in [0.2, 0.25) is 5.91 Å². The lowest BCUT2D eigenvalue weighted by molar-refractivity contribution is -0.131. The van der Waals surface area contributed by atoms with E-state index in [-0.39, 0.29) is 11.7 Å². The maximum absolute atomic E-state index is 12.6.